The number of unbranched alkanes of at least 4 members (excludes halogenated alkanes) is 15. The van der Waals surface area contributed by atoms with E-state index in [4.69, 9.17) is 18.5 Å². The molecule has 0 rings (SSSR count). The first-order valence-electron chi connectivity index (χ1n) is 14.8. The molecule has 0 spiro atoms. The van der Waals surface area contributed by atoms with E-state index in [0.29, 0.717) is 30.8 Å². The van der Waals surface area contributed by atoms with Crippen molar-refractivity contribution in [2.75, 3.05) is 60.7 Å². The monoisotopic (exact) mass is 538 g/mol. The molecule has 0 bridgehead atoms. The highest BCUT2D eigenvalue weighted by atomic mass is 31.2. The number of likely N-dealkylation sites (N-methyl/N-ethyl adjacent to an activating group) is 1. The Hall–Kier alpha value is -0.0100. The van der Waals surface area contributed by atoms with Crippen molar-refractivity contribution in [1.82, 2.24) is 0 Å². The molecule has 0 aliphatic carbocycles. The van der Waals surface area contributed by atoms with Gasteiger partial charge in [0.05, 0.1) is 34.4 Å². The first-order valence-corrected chi connectivity index (χ1v) is 16.3. The molecule has 0 fully saturated rings. The minimum atomic E-state index is -4.08. The quantitative estimate of drug-likeness (QED) is 0.0631. The van der Waals surface area contributed by atoms with Crippen LogP contribution in [0.1, 0.15) is 117 Å². The number of phosphoric acid groups is 1. The van der Waals surface area contributed by atoms with Crippen molar-refractivity contribution < 1.29 is 32.5 Å². The lowest BCUT2D eigenvalue weighted by Crippen LogP contribution is -2.37. The average Bonchev–Trinajstić information content (AvgIpc) is 2.80. The predicted molar refractivity (Wildman–Crippen MR) is 150 cm³/mol. The topological polar surface area (TPSA) is 74.2 Å². The molecule has 0 aromatic carbocycles. The summed E-state index contributed by atoms with van der Waals surface area (Å²) >= 11 is 0. The largest absolute Gasteiger partial charge is 0.472 e. The second-order valence-corrected chi connectivity index (χ2v) is 12.5. The molecule has 2 unspecified atom stereocenters. The highest BCUT2D eigenvalue weighted by Gasteiger charge is 2.24. The Bertz CT molecular complexity index is 515. The Morgan fingerprint density at radius 1 is 0.667 bits per heavy atom. The van der Waals surface area contributed by atoms with E-state index in [0.717, 1.165) is 6.42 Å². The van der Waals surface area contributed by atoms with E-state index in [1.54, 1.807) is 0 Å². The smallest absolute Gasteiger partial charge is 0.379 e. The van der Waals surface area contributed by atoms with Gasteiger partial charge >= 0.3 is 7.82 Å². The van der Waals surface area contributed by atoms with Gasteiger partial charge in [0.1, 0.15) is 19.3 Å². The van der Waals surface area contributed by atoms with Crippen molar-refractivity contribution in [3.8, 4) is 0 Å². The molecule has 0 saturated carbocycles. The van der Waals surface area contributed by atoms with Gasteiger partial charge in [-0.2, -0.15) is 0 Å². The Morgan fingerprint density at radius 2 is 1.14 bits per heavy atom. The van der Waals surface area contributed by atoms with Crippen LogP contribution in [0, 0.1) is 0 Å². The Kier molecular flexibility index (Phi) is 24.1. The summed E-state index contributed by atoms with van der Waals surface area (Å²) in [6.07, 6.45) is 21.2. The molecule has 0 aromatic rings. The third kappa shape index (κ3) is 27.0. The highest BCUT2D eigenvalue weighted by molar-refractivity contribution is 7.47. The molecule has 0 aliphatic heterocycles. The third-order valence-electron chi connectivity index (χ3n) is 6.29. The van der Waals surface area contributed by atoms with Crippen LogP contribution in [0.25, 0.3) is 0 Å². The van der Waals surface area contributed by atoms with Gasteiger partial charge in [0.15, 0.2) is 0 Å². The zero-order valence-corrected chi connectivity index (χ0v) is 25.4. The molecular formula is C28H61NO6P+. The van der Waals surface area contributed by atoms with Crippen molar-refractivity contribution in [3.05, 3.63) is 0 Å². The van der Waals surface area contributed by atoms with Gasteiger partial charge < -0.3 is 18.9 Å². The summed E-state index contributed by atoms with van der Waals surface area (Å²) in [6, 6.07) is 0. The zero-order chi connectivity index (χ0) is 27.0. The summed E-state index contributed by atoms with van der Waals surface area (Å²) in [7, 11) is 1.90. The van der Waals surface area contributed by atoms with E-state index in [2.05, 4.69) is 6.92 Å². The molecule has 0 amide bonds. The van der Waals surface area contributed by atoms with Crippen LogP contribution < -0.4 is 0 Å². The first kappa shape index (κ1) is 36.0. The SMILES string of the molecule is CCCCCCCCCCCCCCCCCCOCC(COP(=O)(O)OCC[N+](C)(C)C)OCC. The molecule has 8 heteroatoms. The Labute approximate surface area is 223 Å². The Balaban J connectivity index is 3.59. The van der Waals surface area contributed by atoms with Gasteiger partial charge in [-0.1, -0.05) is 103 Å². The number of phosphoric ester groups is 1. The van der Waals surface area contributed by atoms with Crippen molar-refractivity contribution in [3.63, 3.8) is 0 Å². The van der Waals surface area contributed by atoms with Gasteiger partial charge in [0.25, 0.3) is 0 Å². The van der Waals surface area contributed by atoms with E-state index in [1.807, 2.05) is 28.1 Å². The summed E-state index contributed by atoms with van der Waals surface area (Å²) in [5, 5.41) is 0. The molecular weight excluding hydrogens is 477 g/mol. The van der Waals surface area contributed by atoms with Gasteiger partial charge in [-0.05, 0) is 13.3 Å². The minimum absolute atomic E-state index is 0.0229. The Morgan fingerprint density at radius 3 is 1.58 bits per heavy atom. The van der Waals surface area contributed by atoms with E-state index >= 15 is 0 Å². The van der Waals surface area contributed by atoms with Gasteiger partial charge in [-0.3, -0.25) is 9.05 Å². The van der Waals surface area contributed by atoms with E-state index in [-0.39, 0.29) is 19.3 Å². The summed E-state index contributed by atoms with van der Waals surface area (Å²) in [5.74, 6) is 0. The maximum atomic E-state index is 12.1. The molecule has 1 N–H and O–H groups in total. The van der Waals surface area contributed by atoms with Gasteiger partial charge in [-0.25, -0.2) is 4.57 Å². The fourth-order valence-electron chi connectivity index (χ4n) is 3.99. The minimum Gasteiger partial charge on any atom is -0.379 e. The zero-order valence-electron chi connectivity index (χ0n) is 24.5. The van der Waals surface area contributed by atoms with Crippen LogP contribution in [0.2, 0.25) is 0 Å². The molecule has 0 aliphatic rings. The lowest BCUT2D eigenvalue weighted by atomic mass is 10.0. The van der Waals surface area contributed by atoms with E-state index in [1.165, 1.54) is 96.3 Å². The van der Waals surface area contributed by atoms with Gasteiger partial charge in [-0.15, -0.1) is 0 Å². The van der Waals surface area contributed by atoms with Crippen LogP contribution in [-0.2, 0) is 23.1 Å². The third-order valence-corrected chi connectivity index (χ3v) is 7.27. The molecule has 36 heavy (non-hydrogen) atoms. The van der Waals surface area contributed by atoms with Gasteiger partial charge in [0.2, 0.25) is 0 Å². The van der Waals surface area contributed by atoms with Crippen LogP contribution in [0.15, 0.2) is 0 Å². The average molecular weight is 539 g/mol. The summed E-state index contributed by atoms with van der Waals surface area (Å²) in [5.41, 5.74) is 0. The predicted octanol–water partition coefficient (Wildman–Crippen LogP) is 7.51. The highest BCUT2D eigenvalue weighted by Crippen LogP contribution is 2.43. The fraction of sp³-hybridized carbons (Fsp3) is 1.00. The summed E-state index contributed by atoms with van der Waals surface area (Å²) in [6.45, 7) is 6.44. The number of nitrogens with zero attached hydrogens (tertiary/aromatic N) is 1. The van der Waals surface area contributed by atoms with Crippen molar-refractivity contribution in [2.45, 2.75) is 123 Å². The number of hydrogen-bond acceptors (Lipinski definition) is 5. The molecule has 7 nitrogen and oxygen atoms in total. The van der Waals surface area contributed by atoms with Crippen LogP contribution >= 0.6 is 7.82 Å². The number of ether oxygens (including phenoxy) is 2. The van der Waals surface area contributed by atoms with Crippen molar-refractivity contribution in [1.29, 1.82) is 0 Å². The molecule has 0 heterocycles. The summed E-state index contributed by atoms with van der Waals surface area (Å²) in [4.78, 5) is 9.86. The van der Waals surface area contributed by atoms with Crippen LogP contribution in [-0.4, -0.2) is 76.2 Å². The lowest BCUT2D eigenvalue weighted by molar-refractivity contribution is -0.870. The second-order valence-electron chi connectivity index (χ2n) is 11.1. The van der Waals surface area contributed by atoms with E-state index < -0.39 is 7.82 Å². The second kappa shape index (κ2) is 24.1. The standard InChI is InChI=1S/C28H60NO6P/c1-6-8-9-10-11-12-13-14-15-16-17-18-19-20-21-22-24-32-26-28(33-7-2)27-35-36(30,31)34-25-23-29(3,4)5/h28H,6-27H2,1-5H3/p+1. The summed E-state index contributed by atoms with van der Waals surface area (Å²) < 4.78 is 34.2. The van der Waals surface area contributed by atoms with Crippen LogP contribution in [0.3, 0.4) is 0 Å². The molecule has 2 atom stereocenters. The normalized spacial score (nSPS) is 14.7. The molecule has 218 valence electrons. The van der Waals surface area contributed by atoms with E-state index in [9.17, 15) is 9.46 Å². The molecule has 0 radical (unpaired) electrons. The number of rotatable bonds is 28. The van der Waals surface area contributed by atoms with Crippen molar-refractivity contribution in [2.24, 2.45) is 0 Å². The number of hydrogen-bond donors (Lipinski definition) is 1. The maximum absolute atomic E-state index is 12.1. The number of quaternary nitrogens is 1. The fourth-order valence-corrected chi connectivity index (χ4v) is 4.73. The first-order chi connectivity index (χ1) is 17.2. The van der Waals surface area contributed by atoms with Crippen LogP contribution in [0.4, 0.5) is 0 Å². The van der Waals surface area contributed by atoms with Crippen molar-refractivity contribution >= 4 is 7.82 Å². The molecule has 0 saturated heterocycles. The maximum Gasteiger partial charge on any atom is 0.472 e. The van der Waals surface area contributed by atoms with Crippen LogP contribution in [0.5, 0.6) is 0 Å². The van der Waals surface area contributed by atoms with Gasteiger partial charge in [0, 0.05) is 13.2 Å². The lowest BCUT2D eigenvalue weighted by Gasteiger charge is -2.24. The molecule has 0 aromatic heterocycles.